The molecule has 2 unspecified atom stereocenters. The van der Waals surface area contributed by atoms with Gasteiger partial charge in [0, 0.05) is 31.1 Å². The zero-order valence-electron chi connectivity index (χ0n) is 15.9. The van der Waals surface area contributed by atoms with E-state index in [0.29, 0.717) is 25.2 Å². The van der Waals surface area contributed by atoms with Gasteiger partial charge in [0.2, 0.25) is 11.8 Å². The molecule has 2 aliphatic rings. The average Bonchev–Trinajstić information content (AvgIpc) is 3.53. The number of hydrogen-bond acceptors (Lipinski definition) is 3. The van der Waals surface area contributed by atoms with E-state index in [0.717, 1.165) is 17.5 Å². The summed E-state index contributed by atoms with van der Waals surface area (Å²) in [5.74, 6) is -0.540. The van der Waals surface area contributed by atoms with Gasteiger partial charge in [0.05, 0.1) is 6.54 Å². The number of amides is 3. The maximum atomic E-state index is 13.0. The molecule has 1 aliphatic carbocycles. The largest absolute Gasteiger partial charge is 0.353 e. The van der Waals surface area contributed by atoms with Crippen LogP contribution in [0.25, 0.3) is 0 Å². The molecule has 150 valence electrons. The van der Waals surface area contributed by atoms with Crippen LogP contribution in [-0.2, 0) is 16.1 Å². The van der Waals surface area contributed by atoms with Gasteiger partial charge in [-0.2, -0.15) is 0 Å². The molecule has 2 aromatic rings. The summed E-state index contributed by atoms with van der Waals surface area (Å²) in [7, 11) is 0. The van der Waals surface area contributed by atoms with Gasteiger partial charge in [-0.05, 0) is 47.7 Å². The van der Waals surface area contributed by atoms with Crippen LogP contribution in [0.3, 0.4) is 0 Å². The summed E-state index contributed by atoms with van der Waals surface area (Å²) in [4.78, 5) is 37.8. The Hall–Kier alpha value is -3.22. The Balaban J connectivity index is 1.28. The molecular weight excluding hydrogens is 373 g/mol. The van der Waals surface area contributed by atoms with E-state index >= 15 is 0 Å². The van der Waals surface area contributed by atoms with Crippen LogP contribution < -0.4 is 10.6 Å². The molecule has 0 radical (unpaired) electrons. The number of carbonyl (C=O) groups is 3. The van der Waals surface area contributed by atoms with Crippen molar-refractivity contribution in [2.24, 2.45) is 5.92 Å². The summed E-state index contributed by atoms with van der Waals surface area (Å²) in [6, 6.07) is 13.3. The molecule has 1 heterocycles. The third-order valence-corrected chi connectivity index (χ3v) is 5.42. The van der Waals surface area contributed by atoms with Gasteiger partial charge in [0.1, 0.15) is 5.82 Å². The molecule has 7 heteroatoms. The monoisotopic (exact) mass is 395 g/mol. The fourth-order valence-electron chi connectivity index (χ4n) is 3.64. The molecule has 0 aromatic heterocycles. The van der Waals surface area contributed by atoms with Gasteiger partial charge in [0.25, 0.3) is 5.91 Å². The van der Waals surface area contributed by atoms with E-state index in [9.17, 15) is 18.8 Å². The minimum absolute atomic E-state index is 0.0150. The zero-order valence-corrected chi connectivity index (χ0v) is 15.9. The number of nitrogens with zero attached hydrogens (tertiary/aromatic N) is 1. The quantitative estimate of drug-likeness (QED) is 0.811. The number of hydrogen-bond donors (Lipinski definition) is 2. The van der Waals surface area contributed by atoms with Crippen molar-refractivity contribution in [1.29, 1.82) is 0 Å². The minimum atomic E-state index is -0.277. The van der Waals surface area contributed by atoms with E-state index in [-0.39, 0.29) is 41.9 Å². The second-order valence-corrected chi connectivity index (χ2v) is 7.49. The van der Waals surface area contributed by atoms with Crippen LogP contribution in [0.15, 0.2) is 48.5 Å². The summed E-state index contributed by atoms with van der Waals surface area (Å²) in [6.45, 7) is 1.42. The van der Waals surface area contributed by atoms with Crippen LogP contribution in [0.5, 0.6) is 0 Å². The predicted molar refractivity (Wildman–Crippen MR) is 104 cm³/mol. The molecular formula is C22H22FN3O3. The van der Waals surface area contributed by atoms with Crippen molar-refractivity contribution >= 4 is 17.7 Å². The molecule has 4 rings (SSSR count). The predicted octanol–water partition coefficient (Wildman–Crippen LogP) is 1.82. The van der Waals surface area contributed by atoms with Gasteiger partial charge in [-0.3, -0.25) is 14.4 Å². The van der Waals surface area contributed by atoms with Crippen molar-refractivity contribution in [3.05, 3.63) is 71.0 Å². The van der Waals surface area contributed by atoms with Crippen molar-refractivity contribution in [3.8, 4) is 0 Å². The van der Waals surface area contributed by atoms with Gasteiger partial charge in [-0.1, -0.05) is 24.3 Å². The lowest BCUT2D eigenvalue weighted by Crippen LogP contribution is -2.49. The molecule has 1 saturated heterocycles. The van der Waals surface area contributed by atoms with Crippen LogP contribution in [0.1, 0.15) is 33.8 Å². The van der Waals surface area contributed by atoms with Crippen LogP contribution in [0, 0.1) is 11.7 Å². The van der Waals surface area contributed by atoms with Crippen molar-refractivity contribution in [2.75, 3.05) is 19.6 Å². The first-order chi connectivity index (χ1) is 14.0. The fourth-order valence-corrected chi connectivity index (χ4v) is 3.64. The highest BCUT2D eigenvalue weighted by Gasteiger charge is 2.43. The summed E-state index contributed by atoms with van der Waals surface area (Å²) in [6.07, 6.45) is 0.772. The van der Waals surface area contributed by atoms with E-state index in [1.807, 2.05) is 12.1 Å². The van der Waals surface area contributed by atoms with Crippen molar-refractivity contribution in [3.63, 3.8) is 0 Å². The first kappa shape index (κ1) is 19.1. The van der Waals surface area contributed by atoms with Crippen molar-refractivity contribution in [1.82, 2.24) is 15.5 Å². The molecule has 0 bridgehead atoms. The maximum absolute atomic E-state index is 13.0. The van der Waals surface area contributed by atoms with E-state index in [1.165, 1.54) is 17.0 Å². The fraction of sp³-hybridized carbons (Fsp3) is 0.318. The van der Waals surface area contributed by atoms with E-state index in [2.05, 4.69) is 10.6 Å². The number of carbonyl (C=O) groups excluding carboxylic acids is 3. The molecule has 1 aliphatic heterocycles. The number of halogens is 1. The molecule has 0 spiro atoms. The summed E-state index contributed by atoms with van der Waals surface area (Å²) in [5, 5.41) is 5.62. The van der Waals surface area contributed by atoms with E-state index < -0.39 is 0 Å². The molecule has 2 N–H and O–H groups in total. The summed E-state index contributed by atoms with van der Waals surface area (Å²) < 4.78 is 13.0. The van der Waals surface area contributed by atoms with Crippen LogP contribution in [0.4, 0.5) is 4.39 Å². The van der Waals surface area contributed by atoms with Crippen LogP contribution >= 0.6 is 0 Å². The Morgan fingerprint density at radius 2 is 1.83 bits per heavy atom. The minimum Gasteiger partial charge on any atom is -0.353 e. The lowest BCUT2D eigenvalue weighted by atomic mass is 10.1. The molecule has 29 heavy (non-hydrogen) atoms. The maximum Gasteiger partial charge on any atom is 0.254 e. The summed E-state index contributed by atoms with van der Waals surface area (Å²) in [5.41, 5.74) is 2.40. The molecule has 3 amide bonds. The Morgan fingerprint density at radius 1 is 1.10 bits per heavy atom. The second-order valence-electron chi connectivity index (χ2n) is 7.49. The van der Waals surface area contributed by atoms with Gasteiger partial charge >= 0.3 is 0 Å². The topological polar surface area (TPSA) is 78.5 Å². The average molecular weight is 395 g/mol. The van der Waals surface area contributed by atoms with Crippen molar-refractivity contribution < 1.29 is 18.8 Å². The lowest BCUT2D eigenvalue weighted by molar-refractivity contribution is -0.123. The SMILES string of the molecule is O=C1CN(C(=O)c2ccc(CNC(=O)C3CC3c3ccc(F)cc3)cc2)CCN1. The molecule has 6 nitrogen and oxygen atoms in total. The van der Waals surface area contributed by atoms with Gasteiger partial charge in [-0.25, -0.2) is 4.39 Å². The molecule has 2 fully saturated rings. The normalized spacial score (nSPS) is 20.7. The first-order valence-corrected chi connectivity index (χ1v) is 9.69. The highest BCUT2D eigenvalue weighted by atomic mass is 19.1. The number of benzene rings is 2. The highest BCUT2D eigenvalue weighted by molar-refractivity contribution is 5.97. The third kappa shape index (κ3) is 4.45. The molecule has 1 saturated carbocycles. The molecule has 2 atom stereocenters. The Kier molecular flexibility index (Phi) is 5.29. The smallest absolute Gasteiger partial charge is 0.254 e. The molecule has 2 aromatic carbocycles. The van der Waals surface area contributed by atoms with E-state index in [1.54, 1.807) is 24.3 Å². The van der Waals surface area contributed by atoms with E-state index in [4.69, 9.17) is 0 Å². The number of piperazine rings is 1. The first-order valence-electron chi connectivity index (χ1n) is 9.69. The van der Waals surface area contributed by atoms with Gasteiger partial charge < -0.3 is 15.5 Å². The Bertz CT molecular complexity index is 927. The number of rotatable bonds is 5. The van der Waals surface area contributed by atoms with Crippen LogP contribution in [-0.4, -0.2) is 42.3 Å². The zero-order chi connectivity index (χ0) is 20.4. The highest BCUT2D eigenvalue weighted by Crippen LogP contribution is 2.47. The van der Waals surface area contributed by atoms with Crippen LogP contribution in [0.2, 0.25) is 0 Å². The standard InChI is InChI=1S/C22H22FN3O3/c23-17-7-5-15(6-8-17)18-11-19(18)21(28)25-12-14-1-3-16(4-2-14)22(29)26-10-9-24-20(27)13-26/h1-8,18-19H,9-13H2,(H,24,27)(H,25,28). The lowest BCUT2D eigenvalue weighted by Gasteiger charge is -2.26. The summed E-state index contributed by atoms with van der Waals surface area (Å²) >= 11 is 0. The van der Waals surface area contributed by atoms with Crippen molar-refractivity contribution in [2.45, 2.75) is 18.9 Å². The second kappa shape index (κ2) is 8.03. The number of nitrogens with one attached hydrogen (secondary N) is 2. The third-order valence-electron chi connectivity index (χ3n) is 5.42. The van der Waals surface area contributed by atoms with Gasteiger partial charge in [0.15, 0.2) is 0 Å². The Morgan fingerprint density at radius 3 is 2.52 bits per heavy atom. The van der Waals surface area contributed by atoms with Gasteiger partial charge in [-0.15, -0.1) is 0 Å². The Labute approximate surface area is 168 Å².